The number of carbonyl (C=O) groups excluding carboxylic acids is 2. The fourth-order valence-corrected chi connectivity index (χ4v) is 4.93. The van der Waals surface area contributed by atoms with E-state index in [-0.39, 0.29) is 17.9 Å². The summed E-state index contributed by atoms with van der Waals surface area (Å²) >= 11 is 1.77. The number of thioether (sulfide) groups is 1. The van der Waals surface area contributed by atoms with Crippen molar-refractivity contribution in [2.45, 2.75) is 31.7 Å². The lowest BCUT2D eigenvalue weighted by molar-refractivity contribution is -0.132. The maximum atomic E-state index is 12.7. The molecule has 1 saturated carbocycles. The Morgan fingerprint density at radius 2 is 2.00 bits per heavy atom. The van der Waals surface area contributed by atoms with E-state index in [0.29, 0.717) is 30.5 Å². The fourth-order valence-electron chi connectivity index (χ4n) is 3.81. The minimum Gasteiger partial charge on any atom is -0.337 e. The molecule has 3 aliphatic heterocycles. The molecule has 2 atom stereocenters. The van der Waals surface area contributed by atoms with E-state index in [1.54, 1.807) is 24.2 Å². The van der Waals surface area contributed by atoms with Crippen LogP contribution < -0.4 is 0 Å². The second kappa shape index (κ2) is 7.32. The lowest BCUT2D eigenvalue weighted by Gasteiger charge is -2.36. The lowest BCUT2D eigenvalue weighted by Crippen LogP contribution is -2.48. The van der Waals surface area contributed by atoms with Gasteiger partial charge in [0.05, 0.1) is 11.9 Å². The van der Waals surface area contributed by atoms with E-state index in [1.165, 1.54) is 19.0 Å². The SMILES string of the molecule is O=C(c1cnccn1)N1C[C@H]2CC[C@@H](C1)N(C(=O)CSCC1CC1)C2. The number of fused-ring (bicyclic) bond motifs is 4. The van der Waals surface area contributed by atoms with Gasteiger partial charge in [-0.3, -0.25) is 14.6 Å². The number of nitrogens with zero attached hydrogens (tertiary/aromatic N) is 4. The number of hydrogen-bond acceptors (Lipinski definition) is 5. The van der Waals surface area contributed by atoms with Crippen LogP contribution in [0.2, 0.25) is 0 Å². The van der Waals surface area contributed by atoms with E-state index in [2.05, 4.69) is 9.97 Å². The zero-order chi connectivity index (χ0) is 17.2. The van der Waals surface area contributed by atoms with Crippen molar-refractivity contribution in [3.05, 3.63) is 24.3 Å². The molecule has 0 radical (unpaired) electrons. The molecular formula is C18H24N4O2S. The largest absolute Gasteiger partial charge is 0.337 e. The molecule has 5 rings (SSSR count). The second-order valence-corrected chi connectivity index (χ2v) is 8.43. The predicted molar refractivity (Wildman–Crippen MR) is 96.2 cm³/mol. The Morgan fingerprint density at radius 3 is 2.76 bits per heavy atom. The highest BCUT2D eigenvalue weighted by atomic mass is 32.2. The van der Waals surface area contributed by atoms with Gasteiger partial charge in [0.25, 0.3) is 5.91 Å². The monoisotopic (exact) mass is 360 g/mol. The molecule has 1 aromatic heterocycles. The predicted octanol–water partition coefficient (Wildman–Crippen LogP) is 1.68. The van der Waals surface area contributed by atoms with Gasteiger partial charge in [-0.1, -0.05) is 0 Å². The lowest BCUT2D eigenvalue weighted by atomic mass is 9.95. The molecule has 2 amide bonds. The molecule has 134 valence electrons. The Labute approximate surface area is 152 Å². The zero-order valence-corrected chi connectivity index (χ0v) is 15.2. The molecule has 3 saturated heterocycles. The van der Waals surface area contributed by atoms with Crippen LogP contribution in [0.25, 0.3) is 0 Å². The van der Waals surface area contributed by atoms with Crippen LogP contribution in [0.5, 0.6) is 0 Å². The number of amides is 2. The third-order valence-corrected chi connectivity index (χ3v) is 6.54. The summed E-state index contributed by atoms with van der Waals surface area (Å²) in [6.07, 6.45) is 9.38. The minimum absolute atomic E-state index is 0.0672. The van der Waals surface area contributed by atoms with Crippen molar-refractivity contribution in [1.82, 2.24) is 19.8 Å². The van der Waals surface area contributed by atoms with Crippen LogP contribution in [0.1, 0.15) is 36.2 Å². The van der Waals surface area contributed by atoms with Crippen LogP contribution >= 0.6 is 11.8 Å². The van der Waals surface area contributed by atoms with Gasteiger partial charge in [-0.2, -0.15) is 11.8 Å². The Balaban J connectivity index is 1.39. The van der Waals surface area contributed by atoms with Gasteiger partial charge in [-0.15, -0.1) is 0 Å². The maximum Gasteiger partial charge on any atom is 0.274 e. The molecule has 6 nitrogen and oxygen atoms in total. The van der Waals surface area contributed by atoms with Crippen LogP contribution in [-0.4, -0.2) is 68.8 Å². The summed E-state index contributed by atoms with van der Waals surface area (Å²) in [6.45, 7) is 2.12. The summed E-state index contributed by atoms with van der Waals surface area (Å²) in [5.74, 6) is 3.09. The van der Waals surface area contributed by atoms with Gasteiger partial charge in [-0.25, -0.2) is 4.98 Å². The molecule has 1 aliphatic carbocycles. The van der Waals surface area contributed by atoms with E-state index in [0.717, 1.165) is 31.1 Å². The summed E-state index contributed by atoms with van der Waals surface area (Å²) in [6, 6.07) is 0.147. The van der Waals surface area contributed by atoms with Crippen molar-refractivity contribution < 1.29 is 9.59 Å². The molecular weight excluding hydrogens is 336 g/mol. The highest BCUT2D eigenvalue weighted by Gasteiger charge is 2.38. The van der Waals surface area contributed by atoms with Gasteiger partial charge < -0.3 is 9.80 Å². The van der Waals surface area contributed by atoms with Gasteiger partial charge in [0.1, 0.15) is 5.69 Å². The minimum atomic E-state index is -0.0672. The quantitative estimate of drug-likeness (QED) is 0.799. The molecule has 2 bridgehead atoms. The summed E-state index contributed by atoms with van der Waals surface area (Å²) in [5, 5.41) is 0. The van der Waals surface area contributed by atoms with E-state index >= 15 is 0 Å². The number of hydrogen-bond donors (Lipinski definition) is 0. The molecule has 4 fully saturated rings. The molecule has 0 spiro atoms. The smallest absolute Gasteiger partial charge is 0.274 e. The first-order chi connectivity index (χ1) is 12.2. The highest BCUT2D eigenvalue weighted by molar-refractivity contribution is 7.99. The Kier molecular flexibility index (Phi) is 4.92. The van der Waals surface area contributed by atoms with Crippen LogP contribution in [0.3, 0.4) is 0 Å². The second-order valence-electron chi connectivity index (χ2n) is 7.40. The van der Waals surface area contributed by atoms with Crippen molar-refractivity contribution in [3.63, 3.8) is 0 Å². The number of carbonyl (C=O) groups is 2. The van der Waals surface area contributed by atoms with Gasteiger partial charge in [0.15, 0.2) is 0 Å². The Bertz CT molecular complexity index is 637. The number of piperidine rings is 1. The Morgan fingerprint density at radius 1 is 1.12 bits per heavy atom. The normalized spacial score (nSPS) is 25.8. The molecule has 1 aromatic rings. The summed E-state index contributed by atoms with van der Waals surface area (Å²) in [5.41, 5.74) is 0.390. The van der Waals surface area contributed by atoms with E-state index < -0.39 is 0 Å². The van der Waals surface area contributed by atoms with Crippen molar-refractivity contribution >= 4 is 23.6 Å². The van der Waals surface area contributed by atoms with Crippen molar-refractivity contribution in [2.24, 2.45) is 11.8 Å². The maximum absolute atomic E-state index is 12.7. The topological polar surface area (TPSA) is 66.4 Å². The van der Waals surface area contributed by atoms with Crippen LogP contribution in [0.15, 0.2) is 18.6 Å². The van der Waals surface area contributed by atoms with E-state index in [4.69, 9.17) is 0 Å². The van der Waals surface area contributed by atoms with Gasteiger partial charge in [0.2, 0.25) is 5.91 Å². The third kappa shape index (κ3) is 3.97. The van der Waals surface area contributed by atoms with Crippen molar-refractivity contribution in [1.29, 1.82) is 0 Å². The van der Waals surface area contributed by atoms with E-state index in [1.807, 2.05) is 9.80 Å². The molecule has 0 aromatic carbocycles. The fraction of sp³-hybridized carbons (Fsp3) is 0.667. The summed E-state index contributed by atoms with van der Waals surface area (Å²) in [7, 11) is 0. The number of aromatic nitrogens is 2. The van der Waals surface area contributed by atoms with Crippen LogP contribution in [0, 0.1) is 11.8 Å². The molecule has 7 heteroatoms. The third-order valence-electron chi connectivity index (χ3n) is 5.38. The van der Waals surface area contributed by atoms with Crippen LogP contribution in [0.4, 0.5) is 0 Å². The summed E-state index contributed by atoms with van der Waals surface area (Å²) < 4.78 is 0. The van der Waals surface area contributed by atoms with E-state index in [9.17, 15) is 9.59 Å². The van der Waals surface area contributed by atoms with Gasteiger partial charge in [0, 0.05) is 38.1 Å². The molecule has 25 heavy (non-hydrogen) atoms. The Hall–Kier alpha value is -1.63. The summed E-state index contributed by atoms with van der Waals surface area (Å²) in [4.78, 5) is 37.4. The average Bonchev–Trinajstić information content (AvgIpc) is 3.48. The van der Waals surface area contributed by atoms with Crippen molar-refractivity contribution in [2.75, 3.05) is 31.1 Å². The standard InChI is InChI=1S/C18H24N4O2S/c23-17(12-25-11-13-1-2-13)22-9-14-3-4-15(22)10-21(8-14)18(24)16-7-19-5-6-20-16/h5-7,13-15H,1-4,8-12H2/t14-,15+/m1/s1. The molecule has 0 unspecified atom stereocenters. The first-order valence-corrected chi connectivity index (χ1v) is 10.3. The molecule has 4 heterocycles. The highest BCUT2D eigenvalue weighted by Crippen LogP contribution is 2.33. The average molecular weight is 360 g/mol. The molecule has 4 aliphatic rings. The number of rotatable bonds is 5. The van der Waals surface area contributed by atoms with Gasteiger partial charge in [-0.05, 0) is 43.3 Å². The zero-order valence-electron chi connectivity index (χ0n) is 14.3. The first-order valence-electron chi connectivity index (χ1n) is 9.13. The van der Waals surface area contributed by atoms with Crippen molar-refractivity contribution in [3.8, 4) is 0 Å². The van der Waals surface area contributed by atoms with Crippen LogP contribution in [-0.2, 0) is 4.79 Å². The van der Waals surface area contributed by atoms with Gasteiger partial charge >= 0.3 is 0 Å². The first kappa shape index (κ1) is 16.8. The molecule has 0 N–H and O–H groups in total.